The molecule has 0 atom stereocenters. The standard InChI is InChI=1S/C14H15BrN2O2/c1-4-11-8(2)16-17(9(11)3)13-7-10(15)5-6-12(13)14(18)19/h5-7H,4H2,1-3H3,(H,18,19). The van der Waals surface area contributed by atoms with Crippen LogP contribution in [-0.2, 0) is 6.42 Å². The average molecular weight is 323 g/mol. The van der Waals surface area contributed by atoms with Crippen LogP contribution in [0.1, 0.15) is 34.2 Å². The van der Waals surface area contributed by atoms with Gasteiger partial charge in [0.25, 0.3) is 0 Å². The van der Waals surface area contributed by atoms with Gasteiger partial charge in [-0.15, -0.1) is 0 Å². The molecule has 0 aliphatic carbocycles. The van der Waals surface area contributed by atoms with Gasteiger partial charge >= 0.3 is 5.97 Å². The lowest BCUT2D eigenvalue weighted by Crippen LogP contribution is -2.08. The topological polar surface area (TPSA) is 55.1 Å². The van der Waals surface area contributed by atoms with Gasteiger partial charge in [-0.3, -0.25) is 0 Å². The van der Waals surface area contributed by atoms with E-state index in [0.717, 1.165) is 27.8 Å². The Balaban J connectivity index is 2.71. The van der Waals surface area contributed by atoms with Gasteiger partial charge in [-0.25, -0.2) is 9.48 Å². The van der Waals surface area contributed by atoms with Crippen LogP contribution in [0.25, 0.3) is 5.69 Å². The molecule has 0 aliphatic rings. The minimum Gasteiger partial charge on any atom is -0.478 e. The van der Waals surface area contributed by atoms with Crippen molar-refractivity contribution in [3.63, 3.8) is 0 Å². The molecule has 0 radical (unpaired) electrons. The fourth-order valence-corrected chi connectivity index (χ4v) is 2.63. The molecular formula is C14H15BrN2O2. The monoisotopic (exact) mass is 322 g/mol. The average Bonchev–Trinajstić information content (AvgIpc) is 2.63. The van der Waals surface area contributed by atoms with Gasteiger partial charge in [0.15, 0.2) is 0 Å². The van der Waals surface area contributed by atoms with Gasteiger partial charge in [0, 0.05) is 10.2 Å². The molecule has 100 valence electrons. The van der Waals surface area contributed by atoms with E-state index in [-0.39, 0.29) is 5.56 Å². The van der Waals surface area contributed by atoms with E-state index in [1.54, 1.807) is 22.9 Å². The summed E-state index contributed by atoms with van der Waals surface area (Å²) in [5.74, 6) is -0.951. The first-order chi connectivity index (χ1) is 8.95. The number of carboxylic acids is 1. The van der Waals surface area contributed by atoms with Crippen LogP contribution < -0.4 is 0 Å². The maximum atomic E-state index is 11.3. The number of nitrogens with zero attached hydrogens (tertiary/aromatic N) is 2. The molecule has 19 heavy (non-hydrogen) atoms. The number of rotatable bonds is 3. The van der Waals surface area contributed by atoms with Crippen LogP contribution in [0.2, 0.25) is 0 Å². The third kappa shape index (κ3) is 2.42. The Hall–Kier alpha value is -1.62. The molecule has 0 unspecified atom stereocenters. The molecule has 0 aliphatic heterocycles. The molecule has 1 aromatic carbocycles. The van der Waals surface area contributed by atoms with E-state index in [0.29, 0.717) is 5.69 Å². The van der Waals surface area contributed by atoms with Crippen molar-refractivity contribution < 1.29 is 9.90 Å². The Bertz CT molecular complexity index is 647. The lowest BCUT2D eigenvalue weighted by molar-refractivity contribution is 0.0696. The SMILES string of the molecule is CCc1c(C)nn(-c2cc(Br)ccc2C(=O)O)c1C. The summed E-state index contributed by atoms with van der Waals surface area (Å²) in [6, 6.07) is 5.09. The van der Waals surface area contributed by atoms with Crippen molar-refractivity contribution in [2.75, 3.05) is 0 Å². The lowest BCUT2D eigenvalue weighted by atomic mass is 10.1. The summed E-state index contributed by atoms with van der Waals surface area (Å²) >= 11 is 3.38. The van der Waals surface area contributed by atoms with Crippen molar-refractivity contribution in [2.24, 2.45) is 0 Å². The number of carbonyl (C=O) groups is 1. The third-order valence-electron chi connectivity index (χ3n) is 3.21. The molecule has 0 saturated carbocycles. The van der Waals surface area contributed by atoms with Gasteiger partial charge in [0.1, 0.15) is 0 Å². The van der Waals surface area contributed by atoms with E-state index in [4.69, 9.17) is 0 Å². The molecule has 0 fully saturated rings. The number of hydrogen-bond donors (Lipinski definition) is 1. The van der Waals surface area contributed by atoms with E-state index in [1.165, 1.54) is 0 Å². The zero-order valence-electron chi connectivity index (χ0n) is 11.1. The number of aryl methyl sites for hydroxylation is 1. The molecule has 1 heterocycles. The molecule has 2 rings (SSSR count). The van der Waals surface area contributed by atoms with Crippen LogP contribution in [0, 0.1) is 13.8 Å². The smallest absolute Gasteiger partial charge is 0.337 e. The number of hydrogen-bond acceptors (Lipinski definition) is 2. The molecule has 4 nitrogen and oxygen atoms in total. The summed E-state index contributed by atoms with van der Waals surface area (Å²) in [5.41, 5.74) is 3.92. The Labute approximate surface area is 120 Å². The van der Waals surface area contributed by atoms with Gasteiger partial charge in [0.2, 0.25) is 0 Å². The van der Waals surface area contributed by atoms with Crippen LogP contribution in [0.3, 0.4) is 0 Å². The molecule has 5 heteroatoms. The van der Waals surface area contributed by atoms with Gasteiger partial charge in [-0.05, 0) is 44.0 Å². The van der Waals surface area contributed by atoms with Gasteiger partial charge < -0.3 is 5.11 Å². The Morgan fingerprint density at radius 2 is 2.11 bits per heavy atom. The molecule has 1 N–H and O–H groups in total. The molecule has 0 saturated heterocycles. The van der Waals surface area contributed by atoms with Gasteiger partial charge in [-0.2, -0.15) is 5.10 Å². The third-order valence-corrected chi connectivity index (χ3v) is 3.71. The first kappa shape index (κ1) is 13.8. The molecule has 2 aromatic rings. The van der Waals surface area contributed by atoms with Crippen molar-refractivity contribution >= 4 is 21.9 Å². The van der Waals surface area contributed by atoms with Crippen molar-refractivity contribution in [3.8, 4) is 5.69 Å². The minimum absolute atomic E-state index is 0.247. The Morgan fingerprint density at radius 1 is 1.42 bits per heavy atom. The summed E-state index contributed by atoms with van der Waals surface area (Å²) in [6.07, 6.45) is 0.883. The normalized spacial score (nSPS) is 10.7. The Morgan fingerprint density at radius 3 is 2.63 bits per heavy atom. The second kappa shape index (κ2) is 5.17. The molecular weight excluding hydrogens is 308 g/mol. The molecule has 0 spiro atoms. The summed E-state index contributed by atoms with van der Waals surface area (Å²) in [4.78, 5) is 11.3. The second-order valence-electron chi connectivity index (χ2n) is 4.38. The predicted molar refractivity (Wildman–Crippen MR) is 77.1 cm³/mol. The van der Waals surface area contributed by atoms with Crippen LogP contribution in [0.5, 0.6) is 0 Å². The second-order valence-corrected chi connectivity index (χ2v) is 5.30. The van der Waals surface area contributed by atoms with E-state index in [1.807, 2.05) is 13.8 Å². The van der Waals surface area contributed by atoms with Crippen molar-refractivity contribution in [3.05, 3.63) is 45.2 Å². The van der Waals surface area contributed by atoms with Crippen LogP contribution >= 0.6 is 15.9 Å². The first-order valence-corrected chi connectivity index (χ1v) is 6.83. The minimum atomic E-state index is -0.951. The zero-order chi connectivity index (χ0) is 14.2. The maximum Gasteiger partial charge on any atom is 0.337 e. The van der Waals surface area contributed by atoms with Gasteiger partial charge in [-0.1, -0.05) is 22.9 Å². The molecule has 0 amide bonds. The number of aromatic carboxylic acids is 1. The number of carboxylic acid groups (broad SMARTS) is 1. The van der Waals surface area contributed by atoms with E-state index >= 15 is 0 Å². The van der Waals surface area contributed by atoms with E-state index < -0.39 is 5.97 Å². The first-order valence-electron chi connectivity index (χ1n) is 6.04. The number of benzene rings is 1. The van der Waals surface area contributed by atoms with Crippen molar-refractivity contribution in [1.29, 1.82) is 0 Å². The number of aromatic nitrogens is 2. The van der Waals surface area contributed by atoms with E-state index in [2.05, 4.69) is 28.0 Å². The highest BCUT2D eigenvalue weighted by Gasteiger charge is 2.17. The maximum absolute atomic E-state index is 11.3. The van der Waals surface area contributed by atoms with Crippen LogP contribution in [0.4, 0.5) is 0 Å². The van der Waals surface area contributed by atoms with Gasteiger partial charge in [0.05, 0.1) is 16.9 Å². The van der Waals surface area contributed by atoms with Crippen molar-refractivity contribution in [2.45, 2.75) is 27.2 Å². The fraction of sp³-hybridized carbons (Fsp3) is 0.286. The highest BCUT2D eigenvalue weighted by Crippen LogP contribution is 2.24. The quantitative estimate of drug-likeness (QED) is 0.940. The summed E-state index contributed by atoms with van der Waals surface area (Å²) in [5, 5.41) is 13.8. The highest BCUT2D eigenvalue weighted by molar-refractivity contribution is 9.10. The molecule has 1 aromatic heterocycles. The summed E-state index contributed by atoms with van der Waals surface area (Å²) in [7, 11) is 0. The summed E-state index contributed by atoms with van der Waals surface area (Å²) in [6.45, 7) is 5.98. The lowest BCUT2D eigenvalue weighted by Gasteiger charge is -2.09. The van der Waals surface area contributed by atoms with Crippen LogP contribution in [-0.4, -0.2) is 20.9 Å². The van der Waals surface area contributed by atoms with E-state index in [9.17, 15) is 9.90 Å². The summed E-state index contributed by atoms with van der Waals surface area (Å²) < 4.78 is 2.54. The Kier molecular flexibility index (Phi) is 3.75. The number of halogens is 1. The zero-order valence-corrected chi connectivity index (χ0v) is 12.7. The highest BCUT2D eigenvalue weighted by atomic mass is 79.9. The molecule has 0 bridgehead atoms. The largest absolute Gasteiger partial charge is 0.478 e. The fourth-order valence-electron chi connectivity index (χ4n) is 2.28. The van der Waals surface area contributed by atoms with Crippen LogP contribution in [0.15, 0.2) is 22.7 Å². The predicted octanol–water partition coefficient (Wildman–Crippen LogP) is 3.51. The van der Waals surface area contributed by atoms with Crippen molar-refractivity contribution in [1.82, 2.24) is 9.78 Å².